The summed E-state index contributed by atoms with van der Waals surface area (Å²) in [5, 5.41) is 18.0. The van der Waals surface area contributed by atoms with E-state index in [1.807, 2.05) is 0 Å². The van der Waals surface area contributed by atoms with E-state index in [-0.39, 0.29) is 17.7 Å². The van der Waals surface area contributed by atoms with Crippen molar-refractivity contribution < 1.29 is 19.0 Å². The summed E-state index contributed by atoms with van der Waals surface area (Å²) in [7, 11) is 0. The number of aromatic hydroxyl groups is 1. The molecule has 0 bridgehead atoms. The summed E-state index contributed by atoms with van der Waals surface area (Å²) >= 11 is 0. The number of hydrogen-bond donors (Lipinski definition) is 1. The van der Waals surface area contributed by atoms with Crippen LogP contribution in [-0.4, -0.2) is 17.7 Å². The Hall–Kier alpha value is -2.09. The average Bonchev–Trinajstić information content (AvgIpc) is 2.16. The minimum absolute atomic E-state index is 0.112. The van der Waals surface area contributed by atoms with Crippen molar-refractivity contribution in [2.45, 2.75) is 6.92 Å². The molecule has 0 atom stereocenters. The fourth-order valence-electron chi connectivity index (χ4n) is 1.10. The predicted molar refractivity (Wildman–Crippen MR) is 48.7 cm³/mol. The third kappa shape index (κ3) is 2.23. The van der Waals surface area contributed by atoms with Crippen LogP contribution in [0.25, 0.3) is 0 Å². The molecule has 0 amide bonds. The first-order valence-electron chi connectivity index (χ1n) is 4.19. The Morgan fingerprint density at radius 1 is 1.67 bits per heavy atom. The van der Waals surface area contributed by atoms with Crippen LogP contribution in [0.2, 0.25) is 0 Å². The van der Waals surface area contributed by atoms with Gasteiger partial charge in [-0.1, -0.05) is 0 Å². The number of nitriles is 1. The number of rotatable bonds is 2. The van der Waals surface area contributed by atoms with E-state index >= 15 is 0 Å². The molecular weight excluding hydrogens is 201 g/mol. The zero-order valence-corrected chi connectivity index (χ0v) is 7.95. The smallest absolute Gasteiger partial charge is 0.343 e. The summed E-state index contributed by atoms with van der Waals surface area (Å²) in [5.74, 6) is -2.21. The Morgan fingerprint density at radius 3 is 2.87 bits per heavy atom. The number of benzene rings is 1. The van der Waals surface area contributed by atoms with E-state index in [0.29, 0.717) is 0 Å². The van der Waals surface area contributed by atoms with Crippen molar-refractivity contribution in [1.82, 2.24) is 0 Å². The van der Waals surface area contributed by atoms with E-state index in [0.717, 1.165) is 12.1 Å². The molecule has 0 fully saturated rings. The second kappa shape index (κ2) is 4.42. The maximum Gasteiger partial charge on any atom is 0.343 e. The monoisotopic (exact) mass is 209 g/mol. The van der Waals surface area contributed by atoms with Gasteiger partial charge in [-0.3, -0.25) is 0 Å². The van der Waals surface area contributed by atoms with Gasteiger partial charge in [0.25, 0.3) is 0 Å². The molecule has 1 N–H and O–H groups in total. The molecule has 1 rings (SSSR count). The summed E-state index contributed by atoms with van der Waals surface area (Å²) in [6.07, 6.45) is 0. The number of carbonyl (C=O) groups excluding carboxylic acids is 1. The molecule has 5 heteroatoms. The second-order valence-electron chi connectivity index (χ2n) is 2.68. The Morgan fingerprint density at radius 2 is 2.33 bits per heavy atom. The summed E-state index contributed by atoms with van der Waals surface area (Å²) in [6.45, 7) is 1.70. The molecule has 0 aliphatic heterocycles. The summed E-state index contributed by atoms with van der Waals surface area (Å²) in [5.41, 5.74) is -0.549. The molecule has 0 saturated heterocycles. The quantitative estimate of drug-likeness (QED) is 0.750. The third-order valence-corrected chi connectivity index (χ3v) is 1.68. The van der Waals surface area contributed by atoms with E-state index in [4.69, 9.17) is 5.26 Å². The molecule has 0 unspecified atom stereocenters. The second-order valence-corrected chi connectivity index (χ2v) is 2.68. The van der Waals surface area contributed by atoms with Crippen LogP contribution in [0.1, 0.15) is 22.8 Å². The lowest BCUT2D eigenvalue weighted by atomic mass is 10.1. The molecular formula is C10H8FNO3. The van der Waals surface area contributed by atoms with Crippen LogP contribution in [0.5, 0.6) is 5.75 Å². The van der Waals surface area contributed by atoms with Crippen molar-refractivity contribution in [2.75, 3.05) is 6.61 Å². The van der Waals surface area contributed by atoms with Gasteiger partial charge in [0, 0.05) is 6.07 Å². The lowest BCUT2D eigenvalue weighted by Gasteiger charge is -2.05. The molecule has 78 valence electrons. The van der Waals surface area contributed by atoms with E-state index in [1.165, 1.54) is 0 Å². The number of halogens is 1. The third-order valence-electron chi connectivity index (χ3n) is 1.68. The highest BCUT2D eigenvalue weighted by Gasteiger charge is 2.18. The highest BCUT2D eigenvalue weighted by Crippen LogP contribution is 2.23. The van der Waals surface area contributed by atoms with E-state index in [2.05, 4.69) is 4.74 Å². The molecule has 0 aromatic heterocycles. The highest BCUT2D eigenvalue weighted by atomic mass is 19.1. The zero-order chi connectivity index (χ0) is 11.4. The maximum atomic E-state index is 12.8. The largest absolute Gasteiger partial charge is 0.507 e. The molecule has 0 aliphatic rings. The van der Waals surface area contributed by atoms with Gasteiger partial charge in [-0.15, -0.1) is 0 Å². The lowest BCUT2D eigenvalue weighted by Crippen LogP contribution is -2.07. The van der Waals surface area contributed by atoms with E-state index in [1.54, 1.807) is 13.0 Å². The van der Waals surface area contributed by atoms with Crippen molar-refractivity contribution in [3.63, 3.8) is 0 Å². The van der Waals surface area contributed by atoms with Crippen LogP contribution < -0.4 is 0 Å². The summed E-state index contributed by atoms with van der Waals surface area (Å²) in [4.78, 5) is 11.3. The summed E-state index contributed by atoms with van der Waals surface area (Å²) in [6, 6.07) is 3.24. The Balaban J connectivity index is 3.28. The van der Waals surface area contributed by atoms with Crippen LogP contribution in [0.4, 0.5) is 4.39 Å². The minimum atomic E-state index is -0.841. The van der Waals surface area contributed by atoms with Gasteiger partial charge >= 0.3 is 5.97 Å². The summed E-state index contributed by atoms with van der Waals surface area (Å²) < 4.78 is 17.4. The first-order chi connectivity index (χ1) is 7.10. The van der Waals surface area contributed by atoms with Crippen molar-refractivity contribution in [2.24, 2.45) is 0 Å². The number of ether oxygens (including phenoxy) is 1. The Labute approximate surface area is 85.5 Å². The molecule has 0 spiro atoms. The average molecular weight is 209 g/mol. The van der Waals surface area contributed by atoms with E-state index < -0.39 is 17.5 Å². The number of phenolic OH excluding ortho intramolecular Hbond substituents is 1. The van der Waals surface area contributed by atoms with Gasteiger partial charge in [0.1, 0.15) is 23.2 Å². The first kappa shape index (κ1) is 11.0. The van der Waals surface area contributed by atoms with Crippen LogP contribution in [-0.2, 0) is 4.74 Å². The van der Waals surface area contributed by atoms with Crippen LogP contribution >= 0.6 is 0 Å². The number of phenols is 1. The van der Waals surface area contributed by atoms with Gasteiger partial charge in [-0.2, -0.15) is 5.26 Å². The fraction of sp³-hybridized carbons (Fsp3) is 0.200. The minimum Gasteiger partial charge on any atom is -0.507 e. The van der Waals surface area contributed by atoms with E-state index in [9.17, 15) is 14.3 Å². The van der Waals surface area contributed by atoms with Gasteiger partial charge in [0.2, 0.25) is 0 Å². The molecule has 1 aromatic carbocycles. The maximum absolute atomic E-state index is 12.8. The topological polar surface area (TPSA) is 70.3 Å². The molecule has 4 nitrogen and oxygen atoms in total. The normalized spacial score (nSPS) is 9.40. The highest BCUT2D eigenvalue weighted by molar-refractivity contribution is 5.95. The zero-order valence-electron chi connectivity index (χ0n) is 7.95. The number of esters is 1. The van der Waals surface area contributed by atoms with Crippen LogP contribution in [0.3, 0.4) is 0 Å². The molecule has 15 heavy (non-hydrogen) atoms. The molecule has 0 heterocycles. The SMILES string of the molecule is CCOC(=O)c1c(O)cc(F)cc1C#N. The van der Waals surface area contributed by atoms with Gasteiger partial charge in [-0.25, -0.2) is 9.18 Å². The van der Waals surface area contributed by atoms with Crippen molar-refractivity contribution in [1.29, 1.82) is 5.26 Å². The van der Waals surface area contributed by atoms with Crippen LogP contribution in [0, 0.1) is 17.1 Å². The number of nitrogens with zero attached hydrogens (tertiary/aromatic N) is 1. The lowest BCUT2D eigenvalue weighted by molar-refractivity contribution is 0.0522. The number of hydrogen-bond acceptors (Lipinski definition) is 4. The molecule has 1 aromatic rings. The van der Waals surface area contributed by atoms with Gasteiger partial charge in [0.05, 0.1) is 12.2 Å². The molecule has 0 saturated carbocycles. The molecule has 0 radical (unpaired) electrons. The fourth-order valence-corrected chi connectivity index (χ4v) is 1.10. The van der Waals surface area contributed by atoms with Crippen molar-refractivity contribution in [3.8, 4) is 11.8 Å². The Kier molecular flexibility index (Phi) is 3.24. The van der Waals surface area contributed by atoms with Gasteiger partial charge in [-0.05, 0) is 13.0 Å². The van der Waals surface area contributed by atoms with Gasteiger partial charge in [0.15, 0.2) is 0 Å². The van der Waals surface area contributed by atoms with Crippen LogP contribution in [0.15, 0.2) is 12.1 Å². The van der Waals surface area contributed by atoms with Gasteiger partial charge < -0.3 is 9.84 Å². The standard InChI is InChI=1S/C10H8FNO3/c1-2-15-10(14)9-6(5-12)3-7(11)4-8(9)13/h3-4,13H,2H2,1H3. The van der Waals surface area contributed by atoms with Crippen molar-refractivity contribution >= 4 is 5.97 Å². The molecule has 0 aliphatic carbocycles. The first-order valence-corrected chi connectivity index (χ1v) is 4.19. The Bertz CT molecular complexity index is 437. The predicted octanol–water partition coefficient (Wildman–Crippen LogP) is 1.58. The number of carbonyl (C=O) groups is 1. The van der Waals surface area contributed by atoms with Crippen molar-refractivity contribution in [3.05, 3.63) is 29.1 Å².